The number of thioether (sulfide) groups is 1. The van der Waals surface area contributed by atoms with Crippen molar-refractivity contribution in [3.63, 3.8) is 0 Å². The highest BCUT2D eigenvalue weighted by Crippen LogP contribution is 2.29. The van der Waals surface area contributed by atoms with Crippen LogP contribution in [0.5, 0.6) is 0 Å². The molecular formula is C14H9BrF3NOS. The molecule has 0 N–H and O–H groups in total. The molecule has 0 amide bonds. The van der Waals surface area contributed by atoms with Crippen LogP contribution in [0.25, 0.3) is 0 Å². The predicted molar refractivity (Wildman–Crippen MR) is 78.4 cm³/mol. The number of Topliss-reactive ketones (excluding diaryl/α,β-unsaturated/α-hetero) is 1. The molecule has 0 atom stereocenters. The summed E-state index contributed by atoms with van der Waals surface area (Å²) in [5.41, 5.74) is -0.263. The minimum atomic E-state index is -4.40. The molecule has 2 aromatic rings. The van der Waals surface area contributed by atoms with Gasteiger partial charge in [-0.1, -0.05) is 45.9 Å². The van der Waals surface area contributed by atoms with Crippen molar-refractivity contribution in [1.29, 1.82) is 0 Å². The summed E-state index contributed by atoms with van der Waals surface area (Å²) in [4.78, 5) is 15.7. The van der Waals surface area contributed by atoms with Crippen LogP contribution >= 0.6 is 27.7 Å². The van der Waals surface area contributed by atoms with Crippen molar-refractivity contribution < 1.29 is 18.0 Å². The highest BCUT2D eigenvalue weighted by atomic mass is 79.9. The monoisotopic (exact) mass is 375 g/mol. The van der Waals surface area contributed by atoms with Crippen molar-refractivity contribution in [3.8, 4) is 0 Å². The van der Waals surface area contributed by atoms with E-state index in [0.717, 1.165) is 24.0 Å². The van der Waals surface area contributed by atoms with Gasteiger partial charge in [0.15, 0.2) is 5.78 Å². The maximum atomic E-state index is 12.4. The number of halogens is 4. The van der Waals surface area contributed by atoms with Gasteiger partial charge in [0.05, 0.1) is 16.3 Å². The molecule has 0 spiro atoms. The molecule has 21 heavy (non-hydrogen) atoms. The average Bonchev–Trinajstić information content (AvgIpc) is 2.45. The summed E-state index contributed by atoms with van der Waals surface area (Å²) in [5, 5.41) is 0.378. The van der Waals surface area contributed by atoms with Crippen LogP contribution in [0.2, 0.25) is 0 Å². The molecule has 0 saturated carbocycles. The van der Waals surface area contributed by atoms with Crippen LogP contribution in [-0.4, -0.2) is 16.5 Å². The van der Waals surface area contributed by atoms with Crippen LogP contribution < -0.4 is 0 Å². The Kier molecular flexibility index (Phi) is 5.05. The fraction of sp³-hybridized carbons (Fsp3) is 0.143. The van der Waals surface area contributed by atoms with E-state index in [1.54, 1.807) is 24.3 Å². The van der Waals surface area contributed by atoms with Gasteiger partial charge in [0.1, 0.15) is 0 Å². The standard InChI is InChI=1S/C14H9BrF3NOS/c15-11-4-2-1-3-10(11)12(20)8-21-13-6-5-9(7-19-13)14(16,17)18/h1-7H,8H2. The first kappa shape index (κ1) is 16.0. The number of carbonyl (C=O) groups is 1. The van der Waals surface area contributed by atoms with Gasteiger partial charge in [0.25, 0.3) is 0 Å². The van der Waals surface area contributed by atoms with Gasteiger partial charge in [-0.25, -0.2) is 4.98 Å². The molecule has 0 aliphatic carbocycles. The average molecular weight is 376 g/mol. The first-order chi connectivity index (χ1) is 9.88. The zero-order valence-electron chi connectivity index (χ0n) is 10.5. The Hall–Kier alpha value is -1.34. The third-order valence-electron chi connectivity index (χ3n) is 2.59. The SMILES string of the molecule is O=C(CSc1ccc(C(F)(F)F)cn1)c1ccccc1Br. The highest BCUT2D eigenvalue weighted by molar-refractivity contribution is 9.10. The molecule has 0 bridgehead atoms. The molecule has 1 aromatic carbocycles. The van der Waals surface area contributed by atoms with Gasteiger partial charge >= 0.3 is 6.18 Å². The second kappa shape index (κ2) is 6.62. The highest BCUT2D eigenvalue weighted by Gasteiger charge is 2.30. The molecule has 1 aromatic heterocycles. The van der Waals surface area contributed by atoms with Crippen molar-refractivity contribution in [1.82, 2.24) is 4.98 Å². The zero-order valence-corrected chi connectivity index (χ0v) is 12.9. The summed E-state index contributed by atoms with van der Waals surface area (Å²) in [6.45, 7) is 0. The first-order valence-corrected chi connectivity index (χ1v) is 7.59. The van der Waals surface area contributed by atoms with Gasteiger partial charge in [0, 0.05) is 16.2 Å². The molecule has 7 heteroatoms. The first-order valence-electron chi connectivity index (χ1n) is 5.81. The summed E-state index contributed by atoms with van der Waals surface area (Å²) < 4.78 is 37.9. The van der Waals surface area contributed by atoms with Gasteiger partial charge < -0.3 is 0 Å². The molecule has 0 radical (unpaired) electrons. The van der Waals surface area contributed by atoms with E-state index in [4.69, 9.17) is 0 Å². The summed E-state index contributed by atoms with van der Waals surface area (Å²) in [6.07, 6.45) is -3.63. The number of hydrogen-bond donors (Lipinski definition) is 0. The lowest BCUT2D eigenvalue weighted by atomic mass is 10.1. The van der Waals surface area contributed by atoms with Crippen LogP contribution in [0.15, 0.2) is 52.1 Å². The van der Waals surface area contributed by atoms with Crippen LogP contribution in [0.4, 0.5) is 13.2 Å². The van der Waals surface area contributed by atoms with Gasteiger partial charge in [-0.15, -0.1) is 0 Å². The predicted octanol–water partition coefficient (Wildman–Crippen LogP) is 4.84. The molecule has 2 nitrogen and oxygen atoms in total. The fourth-order valence-corrected chi connectivity index (χ4v) is 2.77. The summed E-state index contributed by atoms with van der Waals surface area (Å²) in [6, 6.07) is 9.21. The van der Waals surface area contributed by atoms with Gasteiger partial charge in [0.2, 0.25) is 0 Å². The molecule has 0 aliphatic heterocycles. The third kappa shape index (κ3) is 4.31. The van der Waals surface area contributed by atoms with Crippen LogP contribution in [0.3, 0.4) is 0 Å². The zero-order chi connectivity index (χ0) is 15.5. The van der Waals surface area contributed by atoms with Crippen molar-refractivity contribution >= 4 is 33.5 Å². The largest absolute Gasteiger partial charge is 0.417 e. The smallest absolute Gasteiger partial charge is 0.293 e. The molecule has 0 fully saturated rings. The van der Waals surface area contributed by atoms with Crippen LogP contribution in [-0.2, 0) is 6.18 Å². The molecule has 0 saturated heterocycles. The minimum Gasteiger partial charge on any atom is -0.293 e. The van der Waals surface area contributed by atoms with Gasteiger partial charge in [-0.2, -0.15) is 13.2 Å². The van der Waals surface area contributed by atoms with E-state index in [9.17, 15) is 18.0 Å². The summed E-state index contributed by atoms with van der Waals surface area (Å²) in [7, 11) is 0. The Balaban J connectivity index is 2.00. The van der Waals surface area contributed by atoms with E-state index < -0.39 is 11.7 Å². The van der Waals surface area contributed by atoms with Crippen molar-refractivity contribution in [2.24, 2.45) is 0 Å². The molecule has 0 aliphatic rings. The second-order valence-electron chi connectivity index (χ2n) is 4.07. The normalized spacial score (nSPS) is 11.4. The maximum Gasteiger partial charge on any atom is 0.417 e. The lowest BCUT2D eigenvalue weighted by Crippen LogP contribution is -2.06. The van der Waals surface area contributed by atoms with E-state index in [1.807, 2.05) is 0 Å². The van der Waals surface area contributed by atoms with Crippen LogP contribution in [0.1, 0.15) is 15.9 Å². The number of carbonyl (C=O) groups excluding carboxylic acids is 1. The van der Waals surface area contributed by atoms with Gasteiger partial charge in [-0.05, 0) is 18.2 Å². The Morgan fingerprint density at radius 3 is 2.48 bits per heavy atom. The lowest BCUT2D eigenvalue weighted by molar-refractivity contribution is -0.137. The van der Waals surface area contributed by atoms with Crippen molar-refractivity contribution in [3.05, 3.63) is 58.2 Å². The molecular weight excluding hydrogens is 367 g/mol. The molecule has 0 unspecified atom stereocenters. The number of hydrogen-bond acceptors (Lipinski definition) is 3. The lowest BCUT2D eigenvalue weighted by Gasteiger charge is -2.07. The molecule has 2 rings (SSSR count). The van der Waals surface area contributed by atoms with E-state index in [-0.39, 0.29) is 11.5 Å². The Labute approximate surface area is 131 Å². The van der Waals surface area contributed by atoms with Crippen LogP contribution in [0, 0.1) is 0 Å². The number of pyridine rings is 1. The molecule has 110 valence electrons. The van der Waals surface area contributed by atoms with E-state index in [0.29, 0.717) is 15.1 Å². The second-order valence-corrected chi connectivity index (χ2v) is 5.92. The molecule has 1 heterocycles. The number of alkyl halides is 3. The Morgan fingerprint density at radius 1 is 1.19 bits per heavy atom. The minimum absolute atomic E-state index is 0.112. The number of benzene rings is 1. The Morgan fingerprint density at radius 2 is 1.90 bits per heavy atom. The van der Waals surface area contributed by atoms with E-state index in [1.165, 1.54) is 6.07 Å². The quantitative estimate of drug-likeness (QED) is 0.565. The summed E-state index contributed by atoms with van der Waals surface area (Å²) in [5.74, 6) is -0.00443. The number of ketones is 1. The third-order valence-corrected chi connectivity index (χ3v) is 4.22. The summed E-state index contributed by atoms with van der Waals surface area (Å²) >= 11 is 4.39. The Bertz CT molecular complexity index is 643. The maximum absolute atomic E-state index is 12.4. The van der Waals surface area contributed by atoms with E-state index >= 15 is 0 Å². The topological polar surface area (TPSA) is 30.0 Å². The fourth-order valence-electron chi connectivity index (χ4n) is 1.54. The van der Waals surface area contributed by atoms with E-state index in [2.05, 4.69) is 20.9 Å². The van der Waals surface area contributed by atoms with Crippen molar-refractivity contribution in [2.45, 2.75) is 11.2 Å². The van der Waals surface area contributed by atoms with Crippen molar-refractivity contribution in [2.75, 3.05) is 5.75 Å². The number of nitrogens with zero attached hydrogens (tertiary/aromatic N) is 1. The number of rotatable bonds is 4. The van der Waals surface area contributed by atoms with Gasteiger partial charge in [-0.3, -0.25) is 4.79 Å². The number of aromatic nitrogens is 1.